The van der Waals surface area contributed by atoms with E-state index >= 15 is 0 Å². The van der Waals surface area contributed by atoms with E-state index in [1.165, 1.54) is 22.3 Å². The van der Waals surface area contributed by atoms with Crippen molar-refractivity contribution >= 4 is 23.1 Å². The molecule has 14 bridgehead atoms. The van der Waals surface area contributed by atoms with E-state index < -0.39 is 0 Å². The van der Waals surface area contributed by atoms with Gasteiger partial charge in [-0.2, -0.15) is 0 Å². The summed E-state index contributed by atoms with van der Waals surface area (Å²) in [4.78, 5) is 43.0. The summed E-state index contributed by atoms with van der Waals surface area (Å²) >= 11 is 0. The predicted molar refractivity (Wildman–Crippen MR) is 245 cm³/mol. The Hall–Kier alpha value is -5.76. The van der Waals surface area contributed by atoms with E-state index in [9.17, 15) is 9.59 Å². The van der Waals surface area contributed by atoms with Crippen molar-refractivity contribution in [2.75, 3.05) is 13.2 Å². The second kappa shape index (κ2) is 15.0. The Morgan fingerprint density at radius 2 is 0.758 bits per heavy atom. The van der Waals surface area contributed by atoms with Crippen LogP contribution in [0.1, 0.15) is 181 Å². The zero-order chi connectivity index (χ0) is 43.0. The summed E-state index contributed by atoms with van der Waals surface area (Å²) < 4.78 is 12.0. The first-order valence-corrected chi connectivity index (χ1v) is 22.9. The van der Waals surface area contributed by atoms with Gasteiger partial charge >= 0.3 is 11.9 Å². The van der Waals surface area contributed by atoms with Crippen LogP contribution in [0.2, 0.25) is 0 Å². The fraction of sp³-hybridized carbons (Fsp3) is 0.407. The average molecular weight is 829 g/mol. The molecule has 4 N–H and O–H groups in total. The highest BCUT2D eigenvalue weighted by Gasteiger charge is 2.39. The van der Waals surface area contributed by atoms with Gasteiger partial charge < -0.3 is 29.4 Å². The van der Waals surface area contributed by atoms with Gasteiger partial charge in [0.15, 0.2) is 0 Å². The number of aryl methyl sites for hydroxylation is 2. The van der Waals surface area contributed by atoms with E-state index in [4.69, 9.17) is 9.47 Å². The van der Waals surface area contributed by atoms with Gasteiger partial charge in [-0.05, 0) is 212 Å². The molecular formula is C54H60N4O4. The van der Waals surface area contributed by atoms with Gasteiger partial charge in [-0.25, -0.2) is 9.59 Å². The van der Waals surface area contributed by atoms with Crippen molar-refractivity contribution in [3.05, 3.63) is 164 Å². The topological polar surface area (TPSA) is 116 Å². The van der Waals surface area contributed by atoms with E-state index in [0.717, 1.165) is 121 Å². The van der Waals surface area contributed by atoms with Gasteiger partial charge in [0.05, 0.1) is 24.3 Å². The minimum absolute atomic E-state index is 0.284. The first-order chi connectivity index (χ1) is 29.8. The lowest BCUT2D eigenvalue weighted by molar-refractivity contribution is 0.0487. The molecule has 0 amide bonds. The van der Waals surface area contributed by atoms with Gasteiger partial charge in [-0.15, -0.1) is 0 Å². The third-order valence-corrected chi connectivity index (χ3v) is 15.4. The van der Waals surface area contributed by atoms with Crippen molar-refractivity contribution in [3.8, 4) is 0 Å². The first kappa shape index (κ1) is 40.3. The minimum Gasteiger partial charge on any atom is -0.462 e. The highest BCUT2D eigenvalue weighted by atomic mass is 16.5. The fourth-order valence-corrected chi connectivity index (χ4v) is 10.9. The van der Waals surface area contributed by atoms with Crippen molar-refractivity contribution in [1.29, 1.82) is 0 Å². The van der Waals surface area contributed by atoms with E-state index in [0.29, 0.717) is 24.3 Å². The second-order valence-electron chi connectivity index (χ2n) is 19.9. The largest absolute Gasteiger partial charge is 0.462 e. The number of benzene rings is 2. The summed E-state index contributed by atoms with van der Waals surface area (Å²) in [5, 5.41) is 0. The highest BCUT2D eigenvalue weighted by Crippen LogP contribution is 2.46. The van der Waals surface area contributed by atoms with Crippen LogP contribution in [0.25, 0.3) is 11.1 Å². The lowest BCUT2D eigenvalue weighted by atomic mass is 9.78. The molecule has 0 fully saturated rings. The van der Waals surface area contributed by atoms with Crippen LogP contribution in [0.5, 0.6) is 0 Å². The molecule has 0 saturated heterocycles. The number of allylic oxidation sites excluding steroid dienone is 2. The molecule has 0 unspecified atom stereocenters. The Balaban J connectivity index is 1.04. The molecule has 0 saturated carbocycles. The number of H-pyrrole nitrogens is 4. The number of fused-ring (bicyclic) bond motifs is 10. The Labute approximate surface area is 365 Å². The van der Waals surface area contributed by atoms with E-state index in [-0.39, 0.29) is 33.6 Å². The molecular weight excluding hydrogens is 769 g/mol. The summed E-state index contributed by atoms with van der Waals surface area (Å²) in [6.07, 6.45) is 8.66. The maximum absolute atomic E-state index is 13.6. The molecule has 6 aromatic rings. The summed E-state index contributed by atoms with van der Waals surface area (Å²) in [5.41, 5.74) is 16.3. The van der Waals surface area contributed by atoms with Crippen molar-refractivity contribution in [3.63, 3.8) is 0 Å². The molecule has 8 heteroatoms. The van der Waals surface area contributed by atoms with Crippen LogP contribution in [0.4, 0.5) is 0 Å². The highest BCUT2D eigenvalue weighted by molar-refractivity contribution is 6.00. The molecule has 0 spiro atoms. The Morgan fingerprint density at radius 1 is 0.419 bits per heavy atom. The summed E-state index contributed by atoms with van der Waals surface area (Å²) in [6, 6.07) is 30.1. The maximum Gasteiger partial charge on any atom is 0.338 e. The Kier molecular flexibility index (Phi) is 9.73. The molecule has 0 atom stereocenters. The number of ether oxygens (including phenoxy) is 2. The van der Waals surface area contributed by atoms with Crippen LogP contribution in [0.15, 0.2) is 84.9 Å². The van der Waals surface area contributed by atoms with Gasteiger partial charge in [0.25, 0.3) is 0 Å². The van der Waals surface area contributed by atoms with E-state index in [1.54, 1.807) is 0 Å². The van der Waals surface area contributed by atoms with Crippen molar-refractivity contribution in [1.82, 2.24) is 19.9 Å². The van der Waals surface area contributed by atoms with Crippen LogP contribution in [-0.4, -0.2) is 45.1 Å². The molecule has 2 aliphatic carbocycles. The van der Waals surface area contributed by atoms with Crippen molar-refractivity contribution < 1.29 is 19.1 Å². The smallest absolute Gasteiger partial charge is 0.338 e. The molecule has 0 radical (unpaired) electrons. The van der Waals surface area contributed by atoms with Crippen LogP contribution in [0.3, 0.4) is 0 Å². The van der Waals surface area contributed by atoms with Crippen LogP contribution in [0, 0.1) is 0 Å². The van der Waals surface area contributed by atoms with Crippen molar-refractivity contribution in [2.45, 2.75) is 127 Å². The van der Waals surface area contributed by atoms with E-state index in [1.807, 2.05) is 24.3 Å². The standard InChI is InChI=1S/C54H60N4O4/c1-51(2)41-19-23-45(55-41)53(5)27-7-9-29-61-49(59)35-13-11-33-15-17-37(39(33)31-35)38-18-16-34-12-14-36(32-40(34)38)50(60)62-30-10-8-28-54(6,46-24-20-42(51)56-46)48-26-22-44(58-48)52(3,4)43-21-25-47(53)57-43/h11-14,19-26,31-32,55-58H,7-10,15-18,27-30H2,1-6H3. The predicted octanol–water partition coefficient (Wildman–Crippen LogP) is 11.7. The van der Waals surface area contributed by atoms with Gasteiger partial charge in [-0.3, -0.25) is 0 Å². The van der Waals surface area contributed by atoms with Crippen LogP contribution < -0.4 is 0 Å². The Morgan fingerprint density at radius 3 is 1.11 bits per heavy atom. The number of rotatable bonds is 0. The fourth-order valence-electron chi connectivity index (χ4n) is 10.9. The van der Waals surface area contributed by atoms with Gasteiger partial charge in [0.1, 0.15) is 0 Å². The number of aromatic amines is 4. The number of carbonyl (C=O) groups is 2. The van der Waals surface area contributed by atoms with E-state index in [2.05, 4.69) is 122 Å². The van der Waals surface area contributed by atoms with Crippen molar-refractivity contribution in [2.24, 2.45) is 0 Å². The molecule has 5 aliphatic rings. The molecule has 7 heterocycles. The third-order valence-electron chi connectivity index (χ3n) is 15.4. The number of aromatic nitrogens is 4. The third kappa shape index (κ3) is 6.63. The number of carbonyl (C=O) groups excluding carboxylic acids is 2. The zero-order valence-electron chi connectivity index (χ0n) is 37.2. The SMILES string of the molecule is CC1(C)c2ccc([nH]2)C2(C)CCCCOC(=O)c3ccc4c(c3)C(=C3CCc5ccc(cc53)C(=O)OCCCCC(C)(c3ccc1[nH]3)c1ccc([nH]1)C(C)(C)c1ccc2[nH]1)CC4. The monoisotopic (exact) mass is 828 g/mol. The number of nitrogens with one attached hydrogen (secondary N) is 4. The quantitative estimate of drug-likeness (QED) is 0.114. The summed E-state index contributed by atoms with van der Waals surface area (Å²) in [6.45, 7) is 14.5. The maximum atomic E-state index is 13.6. The Bertz CT molecular complexity index is 2470. The second-order valence-corrected chi connectivity index (χ2v) is 19.9. The molecule has 2 aromatic carbocycles. The number of esters is 2. The lowest BCUT2D eigenvalue weighted by Gasteiger charge is -2.31. The lowest BCUT2D eigenvalue weighted by Crippen LogP contribution is -2.29. The molecule has 62 heavy (non-hydrogen) atoms. The normalized spacial score (nSPS) is 23.5. The number of hydrogen-bond acceptors (Lipinski definition) is 4. The first-order valence-electron chi connectivity index (χ1n) is 22.9. The number of hydrogen-bond donors (Lipinski definition) is 4. The molecule has 11 rings (SSSR count). The van der Waals surface area contributed by atoms with Crippen LogP contribution in [-0.2, 0) is 44.0 Å². The molecule has 4 aromatic heterocycles. The average Bonchev–Trinajstić information content (AvgIpc) is 4.12. The summed E-state index contributed by atoms with van der Waals surface area (Å²) in [7, 11) is 0. The van der Waals surface area contributed by atoms with Gasteiger partial charge in [-0.1, -0.05) is 12.1 Å². The molecule has 3 aliphatic heterocycles. The summed E-state index contributed by atoms with van der Waals surface area (Å²) in [5.74, 6) is -0.568. The zero-order valence-corrected chi connectivity index (χ0v) is 37.2. The molecule has 320 valence electrons. The van der Waals surface area contributed by atoms with Gasteiger partial charge in [0, 0.05) is 67.2 Å². The van der Waals surface area contributed by atoms with Crippen LogP contribution >= 0.6 is 0 Å². The van der Waals surface area contributed by atoms with Gasteiger partial charge in [0.2, 0.25) is 0 Å². The minimum atomic E-state index is -0.358. The molecule has 8 nitrogen and oxygen atoms in total.